The highest BCUT2D eigenvalue weighted by atomic mass is 16.5. The highest BCUT2D eigenvalue weighted by Gasteiger charge is 2.20. The lowest BCUT2D eigenvalue weighted by Crippen LogP contribution is -2.34. The fourth-order valence-corrected chi connectivity index (χ4v) is 2.51. The number of nitrogens with one attached hydrogen (secondary N) is 1. The first-order chi connectivity index (χ1) is 9.78. The molecule has 20 heavy (non-hydrogen) atoms. The molecule has 3 N–H and O–H groups in total. The van der Waals surface area contributed by atoms with Crippen LogP contribution in [0.25, 0.3) is 0 Å². The number of ether oxygens (including phenoxy) is 3. The van der Waals surface area contributed by atoms with E-state index in [0.717, 1.165) is 43.1 Å². The van der Waals surface area contributed by atoms with Crippen LogP contribution in [-0.4, -0.2) is 40.0 Å². The second kappa shape index (κ2) is 7.47. The third-order valence-corrected chi connectivity index (χ3v) is 3.66. The summed E-state index contributed by atoms with van der Waals surface area (Å²) in [6, 6.07) is 5.80. The van der Waals surface area contributed by atoms with E-state index in [0.29, 0.717) is 12.6 Å². The van der Waals surface area contributed by atoms with E-state index in [2.05, 4.69) is 5.32 Å². The van der Waals surface area contributed by atoms with Crippen molar-refractivity contribution in [3.63, 3.8) is 0 Å². The first-order valence-corrected chi connectivity index (χ1v) is 7.05. The summed E-state index contributed by atoms with van der Waals surface area (Å²) in [6.07, 6.45) is 2.54. The van der Waals surface area contributed by atoms with Crippen molar-refractivity contribution in [2.75, 3.05) is 33.9 Å². The van der Waals surface area contributed by atoms with Gasteiger partial charge in [-0.25, -0.2) is 0 Å². The zero-order chi connectivity index (χ0) is 14.4. The van der Waals surface area contributed by atoms with Gasteiger partial charge < -0.3 is 25.3 Å². The molecule has 0 radical (unpaired) electrons. The minimum Gasteiger partial charge on any atom is -0.497 e. The first kappa shape index (κ1) is 15.1. The van der Waals surface area contributed by atoms with Crippen LogP contribution in [0, 0.1) is 0 Å². The fourth-order valence-electron chi connectivity index (χ4n) is 2.51. The zero-order valence-corrected chi connectivity index (χ0v) is 12.2. The Morgan fingerprint density at radius 2 is 2.25 bits per heavy atom. The molecule has 0 saturated carbocycles. The van der Waals surface area contributed by atoms with Crippen molar-refractivity contribution in [2.45, 2.75) is 25.0 Å². The SMILES string of the molecule is COc1ccc(OC)c(C(CN)NCC2CCCO2)c1. The summed E-state index contributed by atoms with van der Waals surface area (Å²) >= 11 is 0. The Bertz CT molecular complexity index is 420. The van der Waals surface area contributed by atoms with Gasteiger partial charge in [-0.2, -0.15) is 0 Å². The number of hydrogen-bond donors (Lipinski definition) is 2. The highest BCUT2D eigenvalue weighted by Crippen LogP contribution is 2.29. The van der Waals surface area contributed by atoms with Gasteiger partial charge >= 0.3 is 0 Å². The average Bonchev–Trinajstić information content (AvgIpc) is 3.01. The van der Waals surface area contributed by atoms with Crippen molar-refractivity contribution in [1.82, 2.24) is 5.32 Å². The molecule has 0 spiro atoms. The molecular weight excluding hydrogens is 256 g/mol. The van der Waals surface area contributed by atoms with Gasteiger partial charge in [-0.3, -0.25) is 0 Å². The third kappa shape index (κ3) is 3.62. The maximum Gasteiger partial charge on any atom is 0.123 e. The van der Waals surface area contributed by atoms with Gasteiger partial charge in [0.2, 0.25) is 0 Å². The molecule has 2 rings (SSSR count). The summed E-state index contributed by atoms with van der Waals surface area (Å²) in [4.78, 5) is 0. The van der Waals surface area contributed by atoms with Crippen molar-refractivity contribution >= 4 is 0 Å². The molecule has 0 bridgehead atoms. The molecule has 1 aliphatic rings. The van der Waals surface area contributed by atoms with Crippen molar-refractivity contribution in [2.24, 2.45) is 5.73 Å². The molecular formula is C15H24N2O3. The monoisotopic (exact) mass is 280 g/mol. The third-order valence-electron chi connectivity index (χ3n) is 3.66. The van der Waals surface area contributed by atoms with Crippen LogP contribution in [0.15, 0.2) is 18.2 Å². The Balaban J connectivity index is 2.08. The van der Waals surface area contributed by atoms with Gasteiger partial charge in [-0.05, 0) is 31.0 Å². The molecule has 112 valence electrons. The summed E-state index contributed by atoms with van der Waals surface area (Å²) in [5.74, 6) is 1.62. The summed E-state index contributed by atoms with van der Waals surface area (Å²) < 4.78 is 16.3. The van der Waals surface area contributed by atoms with E-state index in [-0.39, 0.29) is 6.04 Å². The number of benzene rings is 1. The van der Waals surface area contributed by atoms with Crippen molar-refractivity contribution in [1.29, 1.82) is 0 Å². The van der Waals surface area contributed by atoms with E-state index in [9.17, 15) is 0 Å². The van der Waals surface area contributed by atoms with Gasteiger partial charge in [0.25, 0.3) is 0 Å². The van der Waals surface area contributed by atoms with Crippen LogP contribution < -0.4 is 20.5 Å². The molecule has 2 atom stereocenters. The van der Waals surface area contributed by atoms with Crippen LogP contribution >= 0.6 is 0 Å². The van der Waals surface area contributed by atoms with E-state index < -0.39 is 0 Å². The van der Waals surface area contributed by atoms with Crippen LogP contribution in [-0.2, 0) is 4.74 Å². The van der Waals surface area contributed by atoms with Crippen LogP contribution in [0.4, 0.5) is 0 Å². The van der Waals surface area contributed by atoms with Crippen molar-refractivity contribution in [3.05, 3.63) is 23.8 Å². The number of nitrogens with two attached hydrogens (primary N) is 1. The van der Waals surface area contributed by atoms with E-state index in [1.165, 1.54) is 0 Å². The molecule has 1 saturated heterocycles. The largest absolute Gasteiger partial charge is 0.497 e. The van der Waals surface area contributed by atoms with Gasteiger partial charge in [-0.1, -0.05) is 0 Å². The smallest absolute Gasteiger partial charge is 0.123 e. The Labute approximate surface area is 120 Å². The van der Waals surface area contributed by atoms with Crippen molar-refractivity contribution < 1.29 is 14.2 Å². The normalized spacial score (nSPS) is 19.9. The Kier molecular flexibility index (Phi) is 5.64. The Hall–Kier alpha value is -1.30. The lowest BCUT2D eigenvalue weighted by atomic mass is 10.0. The van der Waals surface area contributed by atoms with Crippen LogP contribution in [0.5, 0.6) is 11.5 Å². The van der Waals surface area contributed by atoms with E-state index in [4.69, 9.17) is 19.9 Å². The van der Waals surface area contributed by atoms with E-state index in [1.807, 2.05) is 18.2 Å². The maximum atomic E-state index is 5.90. The average molecular weight is 280 g/mol. The molecule has 1 heterocycles. The lowest BCUT2D eigenvalue weighted by Gasteiger charge is -2.22. The van der Waals surface area contributed by atoms with Gasteiger partial charge in [0.1, 0.15) is 11.5 Å². The molecule has 1 aromatic rings. The second-order valence-corrected chi connectivity index (χ2v) is 4.94. The van der Waals surface area contributed by atoms with Gasteiger partial charge in [-0.15, -0.1) is 0 Å². The highest BCUT2D eigenvalue weighted by molar-refractivity contribution is 5.42. The Morgan fingerprint density at radius 3 is 2.85 bits per heavy atom. The second-order valence-electron chi connectivity index (χ2n) is 4.94. The number of rotatable bonds is 7. The molecule has 1 aromatic carbocycles. The van der Waals surface area contributed by atoms with Gasteiger partial charge in [0.05, 0.1) is 20.3 Å². The van der Waals surface area contributed by atoms with Gasteiger partial charge in [0.15, 0.2) is 0 Å². The summed E-state index contributed by atoms with van der Waals surface area (Å²) in [5, 5.41) is 3.47. The summed E-state index contributed by atoms with van der Waals surface area (Å²) in [7, 11) is 3.32. The minimum atomic E-state index is 0.0317. The summed E-state index contributed by atoms with van der Waals surface area (Å²) in [5.41, 5.74) is 6.93. The quantitative estimate of drug-likeness (QED) is 0.792. The molecule has 0 amide bonds. The molecule has 0 aliphatic carbocycles. The molecule has 2 unspecified atom stereocenters. The molecule has 0 aromatic heterocycles. The predicted octanol–water partition coefficient (Wildman–Crippen LogP) is 1.47. The zero-order valence-electron chi connectivity index (χ0n) is 12.2. The predicted molar refractivity (Wildman–Crippen MR) is 78.3 cm³/mol. The Morgan fingerprint density at radius 1 is 1.40 bits per heavy atom. The molecule has 1 fully saturated rings. The summed E-state index contributed by atoms with van der Waals surface area (Å²) in [6.45, 7) is 2.17. The van der Waals surface area contributed by atoms with E-state index >= 15 is 0 Å². The number of methoxy groups -OCH3 is 2. The van der Waals surface area contributed by atoms with Crippen LogP contribution in [0.1, 0.15) is 24.4 Å². The van der Waals surface area contributed by atoms with Gasteiger partial charge in [0, 0.05) is 31.3 Å². The fraction of sp³-hybridized carbons (Fsp3) is 0.600. The van der Waals surface area contributed by atoms with E-state index in [1.54, 1.807) is 14.2 Å². The minimum absolute atomic E-state index is 0.0317. The topological polar surface area (TPSA) is 65.7 Å². The maximum absolute atomic E-state index is 5.90. The molecule has 5 nitrogen and oxygen atoms in total. The first-order valence-electron chi connectivity index (χ1n) is 7.05. The molecule has 1 aliphatic heterocycles. The van der Waals surface area contributed by atoms with Crippen LogP contribution in [0.3, 0.4) is 0 Å². The molecule has 5 heteroatoms. The standard InChI is InChI=1S/C15H24N2O3/c1-18-11-5-6-15(19-2)13(8-11)14(9-16)17-10-12-4-3-7-20-12/h5-6,8,12,14,17H,3-4,7,9-10,16H2,1-2H3. The van der Waals surface area contributed by atoms with Crippen LogP contribution in [0.2, 0.25) is 0 Å². The lowest BCUT2D eigenvalue weighted by molar-refractivity contribution is 0.107. The number of hydrogen-bond acceptors (Lipinski definition) is 5. The van der Waals surface area contributed by atoms with Crippen molar-refractivity contribution in [3.8, 4) is 11.5 Å².